The highest BCUT2D eigenvalue weighted by Crippen LogP contribution is 2.40. The maximum Gasteiger partial charge on any atom is 0.251 e. The van der Waals surface area contributed by atoms with E-state index < -0.39 is 0 Å². The maximum absolute atomic E-state index is 12.6. The van der Waals surface area contributed by atoms with Gasteiger partial charge in [-0.2, -0.15) is 0 Å². The molecule has 140 valence electrons. The summed E-state index contributed by atoms with van der Waals surface area (Å²) >= 11 is 7.59. The van der Waals surface area contributed by atoms with Crippen LogP contribution in [0.4, 0.5) is 5.69 Å². The number of fused-ring (bicyclic) bond motifs is 2. The van der Waals surface area contributed by atoms with Crippen molar-refractivity contribution < 1.29 is 4.79 Å². The van der Waals surface area contributed by atoms with E-state index in [9.17, 15) is 4.79 Å². The smallest absolute Gasteiger partial charge is 0.251 e. The molecule has 3 aromatic carbocycles. The molecule has 0 aromatic heterocycles. The van der Waals surface area contributed by atoms with Crippen molar-refractivity contribution in [3.8, 4) is 0 Å². The number of nitrogens with zero attached hydrogens (tertiary/aromatic N) is 1. The molecule has 1 heterocycles. The standard InChI is InChI=1S/C23H19ClN2OS/c1-14-3-9-21-19(11-14)15(2)26-20-12-17(6-10-22(20)28-21)23(27)25-13-16-4-7-18(24)8-5-16/h3-12H,13H2,1-2H3,(H,25,27). The Hall–Kier alpha value is -2.56. The van der Waals surface area contributed by atoms with Crippen LogP contribution >= 0.6 is 23.4 Å². The Kier molecular flexibility index (Phi) is 5.25. The Labute approximate surface area is 173 Å². The van der Waals surface area contributed by atoms with Gasteiger partial charge in [0.2, 0.25) is 0 Å². The van der Waals surface area contributed by atoms with E-state index in [1.165, 1.54) is 10.5 Å². The number of hydrogen-bond donors (Lipinski definition) is 1. The summed E-state index contributed by atoms with van der Waals surface area (Å²) < 4.78 is 0. The van der Waals surface area contributed by atoms with Crippen molar-refractivity contribution in [1.29, 1.82) is 0 Å². The van der Waals surface area contributed by atoms with Crippen LogP contribution in [-0.2, 0) is 6.54 Å². The van der Waals surface area contributed by atoms with Gasteiger partial charge in [-0.15, -0.1) is 0 Å². The summed E-state index contributed by atoms with van der Waals surface area (Å²) in [5.41, 5.74) is 5.76. The molecule has 0 fully saturated rings. The molecule has 3 aromatic rings. The maximum atomic E-state index is 12.6. The molecule has 4 rings (SSSR count). The van der Waals surface area contributed by atoms with Crippen molar-refractivity contribution in [2.45, 2.75) is 30.2 Å². The highest BCUT2D eigenvalue weighted by molar-refractivity contribution is 7.99. The fourth-order valence-corrected chi connectivity index (χ4v) is 4.25. The van der Waals surface area contributed by atoms with Crippen LogP contribution in [0.25, 0.3) is 0 Å². The summed E-state index contributed by atoms with van der Waals surface area (Å²) in [4.78, 5) is 19.6. The number of aryl methyl sites for hydroxylation is 1. The molecule has 28 heavy (non-hydrogen) atoms. The third-order valence-corrected chi connectivity index (χ3v) is 6.01. The number of aliphatic imine (C=N–C) groups is 1. The molecule has 1 aliphatic rings. The lowest BCUT2D eigenvalue weighted by atomic mass is 10.1. The Morgan fingerprint density at radius 2 is 1.75 bits per heavy atom. The highest BCUT2D eigenvalue weighted by atomic mass is 35.5. The lowest BCUT2D eigenvalue weighted by molar-refractivity contribution is 0.0951. The number of amides is 1. The predicted octanol–water partition coefficient (Wildman–Crippen LogP) is 6.18. The van der Waals surface area contributed by atoms with Crippen molar-refractivity contribution in [3.05, 3.63) is 87.9 Å². The van der Waals surface area contributed by atoms with Crippen LogP contribution in [0.2, 0.25) is 5.02 Å². The highest BCUT2D eigenvalue weighted by Gasteiger charge is 2.17. The van der Waals surface area contributed by atoms with E-state index in [2.05, 4.69) is 30.4 Å². The molecule has 0 atom stereocenters. The van der Waals surface area contributed by atoms with Gasteiger partial charge in [-0.05, 0) is 61.9 Å². The van der Waals surface area contributed by atoms with Crippen molar-refractivity contribution >= 4 is 40.7 Å². The van der Waals surface area contributed by atoms with Gasteiger partial charge in [-0.25, -0.2) is 0 Å². The van der Waals surface area contributed by atoms with Crippen molar-refractivity contribution in [2.75, 3.05) is 0 Å². The number of benzene rings is 3. The van der Waals surface area contributed by atoms with Gasteiger partial charge >= 0.3 is 0 Å². The van der Waals surface area contributed by atoms with Gasteiger partial charge in [0.15, 0.2) is 0 Å². The summed E-state index contributed by atoms with van der Waals surface area (Å²) in [5.74, 6) is -0.117. The minimum Gasteiger partial charge on any atom is -0.348 e. The summed E-state index contributed by atoms with van der Waals surface area (Å²) in [6, 6.07) is 19.6. The molecule has 0 bridgehead atoms. The second-order valence-corrected chi connectivity index (χ2v) is 8.31. The van der Waals surface area contributed by atoms with Gasteiger partial charge in [-0.3, -0.25) is 9.79 Å². The molecule has 5 heteroatoms. The topological polar surface area (TPSA) is 41.5 Å². The van der Waals surface area contributed by atoms with Gasteiger partial charge in [0.1, 0.15) is 0 Å². The summed E-state index contributed by atoms with van der Waals surface area (Å²) in [7, 11) is 0. The second kappa shape index (κ2) is 7.82. The third-order valence-electron chi connectivity index (χ3n) is 4.62. The Balaban J connectivity index is 1.57. The monoisotopic (exact) mass is 406 g/mol. The zero-order valence-corrected chi connectivity index (χ0v) is 17.2. The first kappa shape index (κ1) is 18.8. The number of carbonyl (C=O) groups excluding carboxylic acids is 1. The molecular formula is C23H19ClN2OS. The van der Waals surface area contributed by atoms with E-state index >= 15 is 0 Å². The molecule has 0 saturated heterocycles. The van der Waals surface area contributed by atoms with Crippen LogP contribution in [-0.4, -0.2) is 11.6 Å². The number of rotatable bonds is 3. The van der Waals surface area contributed by atoms with Crippen LogP contribution in [0.3, 0.4) is 0 Å². The normalized spacial score (nSPS) is 12.5. The zero-order chi connectivity index (χ0) is 19.7. The Morgan fingerprint density at radius 1 is 1.00 bits per heavy atom. The van der Waals surface area contributed by atoms with Gasteiger partial charge < -0.3 is 5.32 Å². The van der Waals surface area contributed by atoms with Crippen molar-refractivity contribution in [2.24, 2.45) is 4.99 Å². The molecule has 0 radical (unpaired) electrons. The van der Waals surface area contributed by atoms with Gasteiger partial charge in [0.05, 0.1) is 5.69 Å². The SMILES string of the molecule is CC1=Nc2cc(C(=O)NCc3ccc(Cl)cc3)ccc2Sc2ccc(C)cc21. The van der Waals surface area contributed by atoms with Crippen LogP contribution in [0.5, 0.6) is 0 Å². The molecule has 0 spiro atoms. The Morgan fingerprint density at radius 3 is 2.54 bits per heavy atom. The molecule has 0 unspecified atom stereocenters. The molecular weight excluding hydrogens is 388 g/mol. The summed E-state index contributed by atoms with van der Waals surface area (Å²) in [6.45, 7) is 4.55. The fraction of sp³-hybridized carbons (Fsp3) is 0.130. The zero-order valence-electron chi connectivity index (χ0n) is 15.6. The summed E-state index contributed by atoms with van der Waals surface area (Å²) in [5, 5.41) is 3.64. The molecule has 3 nitrogen and oxygen atoms in total. The van der Waals surface area contributed by atoms with E-state index in [0.717, 1.165) is 27.4 Å². The average Bonchev–Trinajstić information content (AvgIpc) is 2.82. The summed E-state index contributed by atoms with van der Waals surface area (Å²) in [6.07, 6.45) is 0. The lowest BCUT2D eigenvalue weighted by Gasteiger charge is -2.09. The third kappa shape index (κ3) is 3.98. The number of halogens is 1. The van der Waals surface area contributed by atoms with E-state index in [4.69, 9.17) is 16.6 Å². The van der Waals surface area contributed by atoms with Gasteiger partial charge in [0, 0.05) is 38.2 Å². The van der Waals surface area contributed by atoms with E-state index in [1.807, 2.05) is 49.4 Å². The number of hydrogen-bond acceptors (Lipinski definition) is 3. The largest absolute Gasteiger partial charge is 0.348 e. The second-order valence-electron chi connectivity index (χ2n) is 6.79. The Bertz CT molecular complexity index is 1090. The number of carbonyl (C=O) groups is 1. The molecule has 0 saturated carbocycles. The van der Waals surface area contributed by atoms with E-state index in [1.54, 1.807) is 11.8 Å². The quantitative estimate of drug-likeness (QED) is 0.563. The van der Waals surface area contributed by atoms with Crippen LogP contribution < -0.4 is 5.32 Å². The first-order valence-electron chi connectivity index (χ1n) is 9.00. The first-order chi connectivity index (χ1) is 13.5. The van der Waals surface area contributed by atoms with Crippen molar-refractivity contribution in [3.63, 3.8) is 0 Å². The van der Waals surface area contributed by atoms with Crippen LogP contribution in [0.1, 0.15) is 34.0 Å². The molecule has 1 amide bonds. The van der Waals surface area contributed by atoms with Crippen molar-refractivity contribution in [1.82, 2.24) is 5.32 Å². The first-order valence-corrected chi connectivity index (χ1v) is 10.2. The minimum absolute atomic E-state index is 0.117. The van der Waals surface area contributed by atoms with Crippen LogP contribution in [0.15, 0.2) is 75.4 Å². The fourth-order valence-electron chi connectivity index (χ4n) is 3.09. The van der Waals surface area contributed by atoms with E-state index in [0.29, 0.717) is 17.1 Å². The average molecular weight is 407 g/mol. The predicted molar refractivity (Wildman–Crippen MR) is 116 cm³/mol. The number of nitrogens with one attached hydrogen (secondary N) is 1. The molecule has 0 aliphatic carbocycles. The van der Waals surface area contributed by atoms with Crippen LogP contribution in [0, 0.1) is 6.92 Å². The van der Waals surface area contributed by atoms with E-state index in [-0.39, 0.29) is 5.91 Å². The molecule has 1 N–H and O–H groups in total. The van der Waals surface area contributed by atoms with Gasteiger partial charge in [-0.1, -0.05) is 47.1 Å². The lowest BCUT2D eigenvalue weighted by Crippen LogP contribution is -2.22. The van der Waals surface area contributed by atoms with Gasteiger partial charge in [0.25, 0.3) is 5.91 Å². The minimum atomic E-state index is -0.117. The molecule has 1 aliphatic heterocycles.